The van der Waals surface area contributed by atoms with Crippen LogP contribution in [0.2, 0.25) is 0 Å². The average molecular weight is 950 g/mol. The number of phenols is 1. The lowest BCUT2D eigenvalue weighted by Gasteiger charge is -2.33. The summed E-state index contributed by atoms with van der Waals surface area (Å²) in [5, 5.41) is 88.8. The smallest absolute Gasteiger partial charge is 0.408 e. The summed E-state index contributed by atoms with van der Waals surface area (Å²) >= 11 is 0. The van der Waals surface area contributed by atoms with Crippen LogP contribution >= 0.6 is 0 Å². The average Bonchev–Trinajstić information content (AvgIpc) is 3.79. The lowest BCUT2D eigenvalue weighted by molar-refractivity contribution is -0.147. The minimum atomic E-state index is -2.07. The predicted octanol–water partition coefficient (Wildman–Crippen LogP) is -5.31. The largest absolute Gasteiger partial charge is 0.504 e. The fourth-order valence-corrected chi connectivity index (χ4v) is 7.90. The molecule has 4 rings (SSSR count). The summed E-state index contributed by atoms with van der Waals surface area (Å²) in [6.07, 6.45) is -12.9. The molecule has 0 bridgehead atoms. The van der Waals surface area contributed by atoms with E-state index in [1.165, 1.54) is 45.9 Å². The zero-order valence-corrected chi connectivity index (χ0v) is 37.8. The van der Waals surface area contributed by atoms with Gasteiger partial charge in [-0.3, -0.25) is 28.8 Å². The molecule has 14 N–H and O–H groups in total. The number of ether oxygens (including phenoxy) is 2. The van der Waals surface area contributed by atoms with Crippen molar-refractivity contribution in [1.82, 2.24) is 36.4 Å². The molecule has 67 heavy (non-hydrogen) atoms. The molecule has 0 aromatic heterocycles. The quantitative estimate of drug-likeness (QED) is 0.0974. The van der Waals surface area contributed by atoms with Crippen LogP contribution in [0.15, 0.2) is 18.2 Å². The molecule has 372 valence electrons. The molecule has 0 spiro atoms. The van der Waals surface area contributed by atoms with E-state index in [1.807, 2.05) is 0 Å². The number of rotatable bonds is 10. The SMILES string of the molecule is [C-]#[N+]C[C@@H](O)[C@@H]1NC(=O)[C@H]([C@H](O)Cc2ccc(O)c(OCCN)c2)NC(=O)[C@@H]2C[C@@H](O)CN2C(=O)[C@H]([C@@H](C)O)NC(=O)[C@@H](NC(=O)OC(C)(C)C)C[C@@H](O)CNC(=O)[C@@H]2[C@@H](O)[C@@H](C)CN2C1=O. The van der Waals surface area contributed by atoms with Gasteiger partial charge >= 0.3 is 6.09 Å². The number of carbonyl (C=O) groups is 7. The standard InChI is InChI=1S/C42H63N9O16/c1-19-17-51-33(34(19)58)38(62)45-15-22(53)13-24(46-41(65)67-42(3,4)5)35(59)47-30(20(2)52)39(63)50-18-23(54)14-25(50)36(60)48-31(37(61)49-32(40(51)64)28(57)16-44-6)27(56)11-21-7-8-26(55)29(12-21)66-10-9-43/h7-8,12,19-20,22-25,27-28,30-34,52-58H,9-11,13-18,43H2,1-5H3,(H,45,62)(H,46,65)(H,47,59)(H,48,60)(H,49,61)/t19-,20+,22+,23+,24-,25-,27+,28+,30-,31-,32-,33-,34-/m0/s1. The summed E-state index contributed by atoms with van der Waals surface area (Å²) in [6.45, 7) is 12.4. The van der Waals surface area contributed by atoms with Crippen LogP contribution in [0.3, 0.4) is 0 Å². The molecule has 3 aliphatic heterocycles. The van der Waals surface area contributed by atoms with Crippen molar-refractivity contribution in [3.05, 3.63) is 35.2 Å². The number of benzene rings is 1. The van der Waals surface area contributed by atoms with E-state index in [2.05, 4.69) is 31.4 Å². The third-order valence-corrected chi connectivity index (χ3v) is 11.3. The molecule has 0 aliphatic carbocycles. The second-order valence-corrected chi connectivity index (χ2v) is 18.0. The number of β-amino-alcohol motifs (C(OH)–C–C–N with tert-alkyl or cyclic N) is 1. The third kappa shape index (κ3) is 14.1. The van der Waals surface area contributed by atoms with Crippen LogP contribution in [-0.4, -0.2) is 205 Å². The number of nitrogens with two attached hydrogens (primary N) is 1. The number of hydrogen-bond donors (Lipinski definition) is 13. The number of carbonyl (C=O) groups excluding carboxylic acids is 7. The maximum atomic E-state index is 14.4. The summed E-state index contributed by atoms with van der Waals surface area (Å²) in [6, 6.07) is -7.15. The van der Waals surface area contributed by atoms with Crippen molar-refractivity contribution in [1.29, 1.82) is 0 Å². The number of fused-ring (bicyclic) bond motifs is 2. The predicted molar refractivity (Wildman–Crippen MR) is 231 cm³/mol. The van der Waals surface area contributed by atoms with Crippen LogP contribution in [-0.2, 0) is 39.9 Å². The van der Waals surface area contributed by atoms with Gasteiger partial charge in [0.1, 0.15) is 48.5 Å². The van der Waals surface area contributed by atoms with E-state index >= 15 is 0 Å². The number of alkyl carbamates (subject to hydrolysis) is 1. The normalized spacial score (nSPS) is 29.7. The summed E-state index contributed by atoms with van der Waals surface area (Å²) in [4.78, 5) is 103. The van der Waals surface area contributed by atoms with E-state index in [4.69, 9.17) is 21.8 Å². The number of hydrogen-bond acceptors (Lipinski definition) is 17. The molecule has 1 aromatic carbocycles. The molecular formula is C42H63N9O16. The first kappa shape index (κ1) is 53.7. The number of aliphatic hydroxyl groups is 6. The van der Waals surface area contributed by atoms with Gasteiger partial charge in [-0.1, -0.05) is 13.0 Å². The summed E-state index contributed by atoms with van der Waals surface area (Å²) in [7, 11) is 0. The Kier molecular flexibility index (Phi) is 18.6. The van der Waals surface area contributed by atoms with Crippen LogP contribution in [0.1, 0.15) is 53.0 Å². The van der Waals surface area contributed by atoms with Crippen molar-refractivity contribution < 1.29 is 78.8 Å². The number of nitrogens with one attached hydrogen (secondary N) is 5. The number of phenolic OH excluding ortho intramolecular Hbond substituents is 1. The van der Waals surface area contributed by atoms with Crippen LogP contribution in [0, 0.1) is 12.5 Å². The van der Waals surface area contributed by atoms with Gasteiger partial charge in [-0.15, -0.1) is 0 Å². The van der Waals surface area contributed by atoms with Gasteiger partial charge in [-0.05, 0) is 45.4 Å². The second-order valence-electron chi connectivity index (χ2n) is 18.0. The van der Waals surface area contributed by atoms with Gasteiger partial charge in [0.05, 0.1) is 30.5 Å². The topological polar surface area (TPSA) is 377 Å². The Morgan fingerprint density at radius 2 is 1.54 bits per heavy atom. The number of aromatic hydroxyl groups is 1. The summed E-state index contributed by atoms with van der Waals surface area (Å²) in [5.41, 5.74) is 4.70. The molecule has 3 fully saturated rings. The van der Waals surface area contributed by atoms with Crippen molar-refractivity contribution in [3.8, 4) is 11.5 Å². The van der Waals surface area contributed by atoms with Crippen LogP contribution in [0.25, 0.3) is 4.85 Å². The Morgan fingerprint density at radius 3 is 2.16 bits per heavy atom. The highest BCUT2D eigenvalue weighted by Gasteiger charge is 2.50. The van der Waals surface area contributed by atoms with Crippen molar-refractivity contribution in [2.24, 2.45) is 11.7 Å². The highest BCUT2D eigenvalue weighted by atomic mass is 16.6. The number of aliphatic hydroxyl groups excluding tert-OH is 6. The molecule has 25 nitrogen and oxygen atoms in total. The maximum absolute atomic E-state index is 14.4. The molecule has 3 saturated heterocycles. The van der Waals surface area contributed by atoms with Gasteiger partial charge in [0.2, 0.25) is 42.0 Å². The molecule has 0 unspecified atom stereocenters. The zero-order valence-electron chi connectivity index (χ0n) is 37.8. The first-order valence-corrected chi connectivity index (χ1v) is 21.7. The Hall–Kier alpha value is -5.88. The lowest BCUT2D eigenvalue weighted by atomic mass is 9.99. The van der Waals surface area contributed by atoms with Gasteiger partial charge in [0.25, 0.3) is 0 Å². The van der Waals surface area contributed by atoms with Gasteiger partial charge in [-0.25, -0.2) is 11.4 Å². The monoisotopic (exact) mass is 949 g/mol. The van der Waals surface area contributed by atoms with E-state index in [0.717, 1.165) is 16.7 Å². The van der Waals surface area contributed by atoms with Crippen molar-refractivity contribution in [2.45, 2.75) is 132 Å². The molecular weight excluding hydrogens is 887 g/mol. The first-order chi connectivity index (χ1) is 31.4. The zero-order chi connectivity index (χ0) is 50.1. The van der Waals surface area contributed by atoms with Crippen molar-refractivity contribution in [3.63, 3.8) is 0 Å². The number of nitrogens with zero attached hydrogens (tertiary/aromatic N) is 3. The van der Waals surface area contributed by atoms with Crippen molar-refractivity contribution >= 4 is 41.5 Å². The Balaban J connectivity index is 1.84. The summed E-state index contributed by atoms with van der Waals surface area (Å²) < 4.78 is 10.7. The van der Waals surface area contributed by atoms with Gasteiger partial charge in [0, 0.05) is 51.4 Å². The maximum Gasteiger partial charge on any atom is 0.408 e. The summed E-state index contributed by atoms with van der Waals surface area (Å²) in [5.74, 6) is -8.07. The second kappa shape index (κ2) is 23.2. The highest BCUT2D eigenvalue weighted by Crippen LogP contribution is 2.29. The first-order valence-electron chi connectivity index (χ1n) is 21.7. The van der Waals surface area contributed by atoms with E-state index in [9.17, 15) is 69.3 Å². The van der Waals surface area contributed by atoms with Gasteiger partial charge in [0.15, 0.2) is 17.6 Å². The Bertz CT molecular complexity index is 2010. The van der Waals surface area contributed by atoms with E-state index in [1.54, 1.807) is 0 Å². The highest BCUT2D eigenvalue weighted by molar-refractivity contribution is 5.98. The molecule has 3 heterocycles. The molecule has 13 atom stereocenters. The fourth-order valence-electron chi connectivity index (χ4n) is 7.90. The van der Waals surface area contributed by atoms with Gasteiger partial charge < -0.3 is 92.2 Å². The molecule has 25 heteroatoms. The minimum absolute atomic E-state index is 0.00803. The lowest BCUT2D eigenvalue weighted by Crippen LogP contribution is -2.64. The fraction of sp³-hybridized carbons (Fsp3) is 0.667. The van der Waals surface area contributed by atoms with Gasteiger partial charge in [-0.2, -0.15) is 0 Å². The van der Waals surface area contributed by atoms with Crippen molar-refractivity contribution in [2.75, 3.05) is 39.3 Å². The van der Waals surface area contributed by atoms with Crippen LogP contribution in [0.5, 0.6) is 11.5 Å². The third-order valence-electron chi connectivity index (χ3n) is 11.3. The molecule has 3 aliphatic rings. The number of amides is 7. The molecule has 7 amide bonds. The molecule has 0 radical (unpaired) electrons. The Labute approximate surface area is 386 Å². The van der Waals surface area contributed by atoms with E-state index in [-0.39, 0.29) is 36.8 Å². The molecule has 1 aromatic rings. The van der Waals surface area contributed by atoms with E-state index in [0.29, 0.717) is 0 Å². The van der Waals surface area contributed by atoms with E-state index < -0.39 is 165 Å². The van der Waals surface area contributed by atoms with Crippen LogP contribution < -0.4 is 37.1 Å². The Morgan fingerprint density at radius 1 is 0.896 bits per heavy atom. The van der Waals surface area contributed by atoms with Crippen LogP contribution in [0.4, 0.5) is 4.79 Å². The minimum Gasteiger partial charge on any atom is -0.504 e. The molecule has 0 saturated carbocycles.